The van der Waals surface area contributed by atoms with Gasteiger partial charge in [-0.05, 0) is 43.0 Å². The second-order valence-electron chi connectivity index (χ2n) is 7.14. The number of nitrogens with zero attached hydrogens (tertiary/aromatic N) is 1. The van der Waals surface area contributed by atoms with Gasteiger partial charge in [-0.2, -0.15) is 0 Å². The van der Waals surface area contributed by atoms with E-state index in [4.69, 9.17) is 16.3 Å². The van der Waals surface area contributed by atoms with E-state index in [1.807, 2.05) is 37.3 Å². The first-order chi connectivity index (χ1) is 14.5. The highest BCUT2D eigenvalue weighted by atomic mass is 35.5. The Morgan fingerprint density at radius 1 is 1.10 bits per heavy atom. The van der Waals surface area contributed by atoms with Gasteiger partial charge >= 0.3 is 0 Å². The number of amides is 2. The molecule has 2 rings (SSSR count). The molecule has 2 aromatic carbocycles. The maximum atomic E-state index is 13.0. The van der Waals surface area contributed by atoms with Gasteiger partial charge in [-0.15, -0.1) is 0 Å². The minimum atomic E-state index is -0.527. The molecule has 0 aliphatic carbocycles. The molecule has 162 valence electrons. The van der Waals surface area contributed by atoms with Crippen LogP contribution in [0.4, 0.5) is 0 Å². The summed E-state index contributed by atoms with van der Waals surface area (Å²) in [5, 5.41) is 3.50. The van der Waals surface area contributed by atoms with Crippen molar-refractivity contribution in [1.29, 1.82) is 0 Å². The number of rotatable bonds is 12. The van der Waals surface area contributed by atoms with Crippen molar-refractivity contribution in [3.8, 4) is 5.75 Å². The topological polar surface area (TPSA) is 58.6 Å². The number of nitrogens with one attached hydrogen (secondary N) is 1. The van der Waals surface area contributed by atoms with Gasteiger partial charge in [-0.3, -0.25) is 9.59 Å². The lowest BCUT2D eigenvalue weighted by atomic mass is 10.1. The van der Waals surface area contributed by atoms with Gasteiger partial charge in [-0.1, -0.05) is 68.3 Å². The van der Waals surface area contributed by atoms with Crippen LogP contribution in [-0.4, -0.2) is 42.5 Å². The largest absolute Gasteiger partial charge is 0.484 e. The molecular weight excluding hydrogens is 400 g/mol. The fourth-order valence-corrected chi connectivity index (χ4v) is 3.37. The third kappa shape index (κ3) is 7.71. The number of hydrogen-bond donors (Lipinski definition) is 1. The molecule has 1 atom stereocenters. The van der Waals surface area contributed by atoms with Crippen LogP contribution in [0.3, 0.4) is 0 Å². The Kier molecular flexibility index (Phi) is 10.2. The first-order valence-electron chi connectivity index (χ1n) is 10.5. The summed E-state index contributed by atoms with van der Waals surface area (Å²) in [6, 6.07) is 16.3. The minimum Gasteiger partial charge on any atom is -0.484 e. The van der Waals surface area contributed by atoms with Crippen LogP contribution in [-0.2, 0) is 16.0 Å². The summed E-state index contributed by atoms with van der Waals surface area (Å²) < 4.78 is 5.65. The van der Waals surface area contributed by atoms with Gasteiger partial charge in [-0.25, -0.2) is 0 Å². The number of unbranched alkanes of at least 4 members (excludes halogenated alkanes) is 1. The molecule has 0 aliphatic heterocycles. The number of carbonyl (C=O) groups is 2. The molecule has 0 bridgehead atoms. The highest BCUT2D eigenvalue weighted by molar-refractivity contribution is 6.30. The van der Waals surface area contributed by atoms with Crippen LogP contribution in [0.25, 0.3) is 0 Å². The van der Waals surface area contributed by atoms with E-state index in [0.29, 0.717) is 36.7 Å². The molecule has 5 nitrogen and oxygen atoms in total. The number of hydrogen-bond acceptors (Lipinski definition) is 3. The zero-order valence-electron chi connectivity index (χ0n) is 17.8. The quantitative estimate of drug-likeness (QED) is 0.505. The zero-order chi connectivity index (χ0) is 21.8. The van der Waals surface area contributed by atoms with Crippen molar-refractivity contribution in [1.82, 2.24) is 10.2 Å². The summed E-state index contributed by atoms with van der Waals surface area (Å²) in [4.78, 5) is 27.4. The summed E-state index contributed by atoms with van der Waals surface area (Å²) in [6.07, 6.45) is 3.12. The average Bonchev–Trinajstić information content (AvgIpc) is 2.75. The van der Waals surface area contributed by atoms with Crippen LogP contribution >= 0.6 is 11.6 Å². The Bertz CT molecular complexity index is 798. The zero-order valence-corrected chi connectivity index (χ0v) is 18.5. The van der Waals surface area contributed by atoms with E-state index in [0.717, 1.165) is 18.4 Å². The fourth-order valence-electron chi connectivity index (χ4n) is 3.19. The normalized spacial score (nSPS) is 11.6. The van der Waals surface area contributed by atoms with E-state index >= 15 is 0 Å². The molecule has 2 aromatic rings. The maximum Gasteiger partial charge on any atom is 0.261 e. The Balaban J connectivity index is 2.09. The molecule has 0 radical (unpaired) electrons. The molecule has 2 amide bonds. The van der Waals surface area contributed by atoms with Gasteiger partial charge in [0.2, 0.25) is 5.91 Å². The second kappa shape index (κ2) is 12.9. The molecular formula is C24H31ClN2O3. The van der Waals surface area contributed by atoms with Gasteiger partial charge < -0.3 is 15.0 Å². The maximum absolute atomic E-state index is 13.0. The first-order valence-corrected chi connectivity index (χ1v) is 10.9. The second-order valence-corrected chi connectivity index (χ2v) is 7.57. The number of halogens is 1. The summed E-state index contributed by atoms with van der Waals surface area (Å²) in [7, 11) is 0. The van der Waals surface area contributed by atoms with Crippen molar-refractivity contribution in [2.24, 2.45) is 0 Å². The molecule has 0 saturated carbocycles. The van der Waals surface area contributed by atoms with Gasteiger partial charge in [0.25, 0.3) is 5.91 Å². The number of ether oxygens (including phenoxy) is 1. The van der Waals surface area contributed by atoms with Gasteiger partial charge in [0.1, 0.15) is 11.8 Å². The lowest BCUT2D eigenvalue weighted by Gasteiger charge is -2.30. The predicted molar refractivity (Wildman–Crippen MR) is 121 cm³/mol. The van der Waals surface area contributed by atoms with Crippen molar-refractivity contribution in [3.05, 3.63) is 65.2 Å². The van der Waals surface area contributed by atoms with Crippen molar-refractivity contribution in [2.45, 2.75) is 45.6 Å². The lowest BCUT2D eigenvalue weighted by Crippen LogP contribution is -2.51. The first kappa shape index (κ1) is 23.7. The highest BCUT2D eigenvalue weighted by Crippen LogP contribution is 2.17. The standard InChI is InChI=1S/C24H31ClN2O3/c1-3-5-15-26-24(29)22(4-2)27(16-14-19-10-7-6-8-11-19)23(28)18-30-21-13-9-12-20(25)17-21/h6-13,17,22H,3-5,14-16,18H2,1-2H3,(H,26,29)/t22-/m1/s1. The smallest absolute Gasteiger partial charge is 0.261 e. The fraction of sp³-hybridized carbons (Fsp3) is 0.417. The highest BCUT2D eigenvalue weighted by Gasteiger charge is 2.28. The average molecular weight is 431 g/mol. The van der Waals surface area contributed by atoms with Crippen molar-refractivity contribution >= 4 is 23.4 Å². The van der Waals surface area contributed by atoms with Crippen molar-refractivity contribution in [2.75, 3.05) is 19.7 Å². The van der Waals surface area contributed by atoms with Crippen LogP contribution in [0, 0.1) is 0 Å². The summed E-state index contributed by atoms with van der Waals surface area (Å²) in [5.41, 5.74) is 1.12. The van der Waals surface area contributed by atoms with Gasteiger partial charge in [0.05, 0.1) is 0 Å². The van der Waals surface area contributed by atoms with Crippen LogP contribution < -0.4 is 10.1 Å². The van der Waals surface area contributed by atoms with Crippen molar-refractivity contribution < 1.29 is 14.3 Å². The molecule has 1 N–H and O–H groups in total. The monoisotopic (exact) mass is 430 g/mol. The third-order valence-corrected chi connectivity index (χ3v) is 5.09. The Labute approximate surface area is 184 Å². The summed E-state index contributed by atoms with van der Waals surface area (Å²) in [5.74, 6) is 0.192. The lowest BCUT2D eigenvalue weighted by molar-refractivity contribution is -0.142. The van der Waals surface area contributed by atoms with Crippen LogP contribution in [0.1, 0.15) is 38.7 Å². The minimum absolute atomic E-state index is 0.116. The molecule has 0 spiro atoms. The number of benzene rings is 2. The molecule has 0 aromatic heterocycles. The van der Waals surface area contributed by atoms with Crippen LogP contribution in [0.5, 0.6) is 5.75 Å². The Morgan fingerprint density at radius 2 is 1.87 bits per heavy atom. The molecule has 30 heavy (non-hydrogen) atoms. The van der Waals surface area contributed by atoms with Crippen LogP contribution in [0.2, 0.25) is 5.02 Å². The van der Waals surface area contributed by atoms with E-state index in [9.17, 15) is 9.59 Å². The molecule has 0 saturated heterocycles. The van der Waals surface area contributed by atoms with Crippen molar-refractivity contribution in [3.63, 3.8) is 0 Å². The summed E-state index contributed by atoms with van der Waals surface area (Å²) in [6.45, 7) is 4.91. The molecule has 0 fully saturated rings. The Morgan fingerprint density at radius 3 is 2.53 bits per heavy atom. The van der Waals surface area contributed by atoms with E-state index in [1.165, 1.54) is 0 Å². The van der Waals surface area contributed by atoms with Crippen LogP contribution in [0.15, 0.2) is 54.6 Å². The predicted octanol–water partition coefficient (Wildman–Crippen LogP) is 4.49. The van der Waals surface area contributed by atoms with E-state index in [-0.39, 0.29) is 18.4 Å². The Hall–Kier alpha value is -2.53. The SMILES string of the molecule is CCCCNC(=O)[C@@H](CC)N(CCc1ccccc1)C(=O)COc1cccc(Cl)c1. The van der Waals surface area contributed by atoms with E-state index < -0.39 is 6.04 Å². The molecule has 0 aliphatic rings. The third-order valence-electron chi connectivity index (χ3n) is 4.86. The summed E-state index contributed by atoms with van der Waals surface area (Å²) >= 11 is 5.99. The number of carbonyl (C=O) groups excluding carboxylic acids is 2. The molecule has 0 unspecified atom stereocenters. The van der Waals surface area contributed by atoms with E-state index in [2.05, 4.69) is 12.2 Å². The van der Waals surface area contributed by atoms with E-state index in [1.54, 1.807) is 29.2 Å². The van der Waals surface area contributed by atoms with Gasteiger partial charge in [0.15, 0.2) is 6.61 Å². The molecule has 6 heteroatoms. The molecule has 0 heterocycles. The van der Waals surface area contributed by atoms with Gasteiger partial charge in [0, 0.05) is 18.1 Å².